The first kappa shape index (κ1) is 13.4. The normalized spacial score (nSPS) is 15.7. The monoisotopic (exact) mass is 263 g/mol. The summed E-state index contributed by atoms with van der Waals surface area (Å²) in [5.74, 6) is -0.887. The highest BCUT2D eigenvalue weighted by Gasteiger charge is 2.23. The van der Waals surface area contributed by atoms with Crippen molar-refractivity contribution in [3.05, 3.63) is 23.8 Å². The molecule has 1 atom stereocenters. The molecule has 1 aromatic carbocycles. The number of nitrogens with zero attached hydrogens (tertiary/aromatic N) is 1. The summed E-state index contributed by atoms with van der Waals surface area (Å²) in [5, 5.41) is 11.7. The van der Waals surface area contributed by atoms with Gasteiger partial charge < -0.3 is 21.1 Å². The van der Waals surface area contributed by atoms with E-state index in [9.17, 15) is 9.59 Å². The molecular formula is C13H17N3O3. The Bertz CT molecular complexity index is 516. The largest absolute Gasteiger partial charge is 0.478 e. The Labute approximate surface area is 111 Å². The van der Waals surface area contributed by atoms with Crippen LogP contribution in [-0.4, -0.2) is 36.6 Å². The van der Waals surface area contributed by atoms with Crippen molar-refractivity contribution in [2.24, 2.45) is 11.7 Å². The molecule has 102 valence electrons. The van der Waals surface area contributed by atoms with Crippen LogP contribution in [0.5, 0.6) is 0 Å². The lowest BCUT2D eigenvalue weighted by molar-refractivity contribution is -0.115. The van der Waals surface area contributed by atoms with Crippen molar-refractivity contribution in [2.45, 2.75) is 6.92 Å². The van der Waals surface area contributed by atoms with E-state index in [-0.39, 0.29) is 23.9 Å². The topological polar surface area (TPSA) is 95.7 Å². The molecule has 1 aliphatic heterocycles. The molecule has 0 aliphatic carbocycles. The van der Waals surface area contributed by atoms with Gasteiger partial charge in [-0.2, -0.15) is 0 Å². The first-order chi connectivity index (χ1) is 9.01. The molecule has 0 fully saturated rings. The minimum Gasteiger partial charge on any atom is -0.478 e. The number of carbonyl (C=O) groups is 2. The Morgan fingerprint density at radius 3 is 2.95 bits per heavy atom. The van der Waals surface area contributed by atoms with Gasteiger partial charge in [-0.1, -0.05) is 6.92 Å². The summed E-state index contributed by atoms with van der Waals surface area (Å²) in [6.07, 6.45) is 0. The summed E-state index contributed by atoms with van der Waals surface area (Å²) in [5.41, 5.74) is 7.14. The molecule has 6 heteroatoms. The number of amides is 1. The number of anilines is 2. The number of nitrogens with one attached hydrogen (secondary N) is 1. The van der Waals surface area contributed by atoms with Crippen LogP contribution in [-0.2, 0) is 4.79 Å². The van der Waals surface area contributed by atoms with Crippen LogP contribution >= 0.6 is 0 Å². The molecule has 1 unspecified atom stereocenters. The predicted molar refractivity (Wildman–Crippen MR) is 72.5 cm³/mol. The summed E-state index contributed by atoms with van der Waals surface area (Å²) >= 11 is 0. The fraction of sp³-hybridized carbons (Fsp3) is 0.385. The highest BCUT2D eigenvalue weighted by Crippen LogP contribution is 2.30. The van der Waals surface area contributed by atoms with Gasteiger partial charge in [0.15, 0.2) is 0 Å². The number of carboxylic acids is 1. The maximum atomic E-state index is 11.7. The van der Waals surface area contributed by atoms with Crippen molar-refractivity contribution < 1.29 is 14.7 Å². The Morgan fingerprint density at radius 1 is 1.58 bits per heavy atom. The Hall–Kier alpha value is -2.08. The maximum Gasteiger partial charge on any atom is 0.335 e. The summed E-state index contributed by atoms with van der Waals surface area (Å²) < 4.78 is 0. The van der Waals surface area contributed by atoms with Crippen LogP contribution in [0.3, 0.4) is 0 Å². The molecule has 1 aromatic rings. The molecule has 19 heavy (non-hydrogen) atoms. The van der Waals surface area contributed by atoms with Crippen molar-refractivity contribution in [1.82, 2.24) is 0 Å². The second-order valence-electron chi connectivity index (χ2n) is 4.81. The average molecular weight is 263 g/mol. The van der Waals surface area contributed by atoms with E-state index in [1.807, 2.05) is 11.8 Å². The highest BCUT2D eigenvalue weighted by atomic mass is 16.4. The summed E-state index contributed by atoms with van der Waals surface area (Å²) in [6, 6.07) is 4.75. The fourth-order valence-corrected chi connectivity index (χ4v) is 2.11. The lowest BCUT2D eigenvalue weighted by Gasteiger charge is -2.32. The minimum atomic E-state index is -1.01. The van der Waals surface area contributed by atoms with Crippen molar-refractivity contribution in [1.29, 1.82) is 0 Å². The van der Waals surface area contributed by atoms with Gasteiger partial charge in [-0.25, -0.2) is 4.79 Å². The van der Waals surface area contributed by atoms with Gasteiger partial charge in [0.2, 0.25) is 5.91 Å². The van der Waals surface area contributed by atoms with Crippen LogP contribution in [0.2, 0.25) is 0 Å². The van der Waals surface area contributed by atoms with E-state index >= 15 is 0 Å². The summed E-state index contributed by atoms with van der Waals surface area (Å²) in [6.45, 7) is 3.49. The summed E-state index contributed by atoms with van der Waals surface area (Å²) in [7, 11) is 0. The molecule has 1 amide bonds. The third-order valence-corrected chi connectivity index (χ3v) is 3.13. The fourth-order valence-electron chi connectivity index (χ4n) is 2.11. The van der Waals surface area contributed by atoms with Crippen molar-refractivity contribution in [3.8, 4) is 0 Å². The van der Waals surface area contributed by atoms with E-state index in [0.29, 0.717) is 18.8 Å². The Balaban J connectivity index is 2.32. The molecule has 1 heterocycles. The number of fused-ring (bicyclic) bond motifs is 1. The van der Waals surface area contributed by atoms with Crippen molar-refractivity contribution in [2.75, 3.05) is 29.9 Å². The first-order valence-electron chi connectivity index (χ1n) is 6.13. The molecule has 0 radical (unpaired) electrons. The van der Waals surface area contributed by atoms with Crippen LogP contribution in [0.4, 0.5) is 11.4 Å². The van der Waals surface area contributed by atoms with Gasteiger partial charge in [-0.05, 0) is 30.7 Å². The zero-order valence-electron chi connectivity index (χ0n) is 10.7. The van der Waals surface area contributed by atoms with Crippen LogP contribution in [0.1, 0.15) is 17.3 Å². The molecule has 0 aromatic heterocycles. The molecule has 2 rings (SSSR count). The van der Waals surface area contributed by atoms with Gasteiger partial charge in [-0.3, -0.25) is 4.79 Å². The summed E-state index contributed by atoms with van der Waals surface area (Å²) in [4.78, 5) is 24.5. The zero-order chi connectivity index (χ0) is 14.0. The van der Waals surface area contributed by atoms with E-state index in [0.717, 1.165) is 5.69 Å². The molecule has 4 N–H and O–H groups in total. The van der Waals surface area contributed by atoms with Gasteiger partial charge in [0.05, 0.1) is 23.5 Å². The highest BCUT2D eigenvalue weighted by molar-refractivity contribution is 6.03. The predicted octanol–water partition coefficient (Wildman–Crippen LogP) is 0.738. The number of carbonyl (C=O) groups excluding carboxylic acids is 1. The SMILES string of the molecule is CC(CN)CN1CC(=O)Nc2cc(C(=O)O)ccc21. The van der Waals surface area contributed by atoms with Crippen molar-refractivity contribution >= 4 is 23.3 Å². The van der Waals surface area contributed by atoms with Crippen LogP contribution in [0.25, 0.3) is 0 Å². The second kappa shape index (κ2) is 5.27. The molecular weight excluding hydrogens is 246 g/mol. The Kier molecular flexibility index (Phi) is 3.71. The number of carboxylic acid groups (broad SMARTS) is 1. The molecule has 0 saturated heterocycles. The number of aromatic carboxylic acids is 1. The number of benzene rings is 1. The lowest BCUT2D eigenvalue weighted by Crippen LogP contribution is -2.41. The molecule has 0 saturated carbocycles. The zero-order valence-corrected chi connectivity index (χ0v) is 10.7. The molecule has 0 bridgehead atoms. The lowest BCUT2D eigenvalue weighted by atomic mass is 10.1. The van der Waals surface area contributed by atoms with E-state index in [1.54, 1.807) is 12.1 Å². The third kappa shape index (κ3) is 2.85. The van der Waals surface area contributed by atoms with E-state index in [4.69, 9.17) is 10.8 Å². The van der Waals surface area contributed by atoms with E-state index in [2.05, 4.69) is 5.32 Å². The first-order valence-corrected chi connectivity index (χ1v) is 6.13. The second-order valence-corrected chi connectivity index (χ2v) is 4.81. The number of nitrogens with two attached hydrogens (primary N) is 1. The van der Waals surface area contributed by atoms with Crippen molar-refractivity contribution in [3.63, 3.8) is 0 Å². The van der Waals surface area contributed by atoms with E-state index < -0.39 is 5.97 Å². The van der Waals surface area contributed by atoms with E-state index in [1.165, 1.54) is 6.07 Å². The quantitative estimate of drug-likeness (QED) is 0.744. The number of hydrogen-bond donors (Lipinski definition) is 3. The Morgan fingerprint density at radius 2 is 2.32 bits per heavy atom. The van der Waals surface area contributed by atoms with Gasteiger partial charge in [0.1, 0.15) is 0 Å². The van der Waals surface area contributed by atoms with Gasteiger partial charge in [-0.15, -0.1) is 0 Å². The van der Waals surface area contributed by atoms with Crippen LogP contribution in [0.15, 0.2) is 18.2 Å². The van der Waals surface area contributed by atoms with Crippen LogP contribution in [0, 0.1) is 5.92 Å². The minimum absolute atomic E-state index is 0.140. The molecule has 0 spiro atoms. The standard InChI is InChI=1S/C13H17N3O3/c1-8(5-14)6-16-7-12(17)15-10-4-9(13(18)19)2-3-11(10)16/h2-4,8H,5-7,14H2,1H3,(H,15,17)(H,18,19). The van der Waals surface area contributed by atoms with Gasteiger partial charge in [0.25, 0.3) is 0 Å². The van der Waals surface area contributed by atoms with Gasteiger partial charge in [0, 0.05) is 6.54 Å². The van der Waals surface area contributed by atoms with Gasteiger partial charge >= 0.3 is 5.97 Å². The number of rotatable bonds is 4. The third-order valence-electron chi connectivity index (χ3n) is 3.13. The molecule has 1 aliphatic rings. The number of hydrogen-bond acceptors (Lipinski definition) is 4. The molecule has 6 nitrogen and oxygen atoms in total. The average Bonchev–Trinajstić information content (AvgIpc) is 2.37. The van der Waals surface area contributed by atoms with Crippen LogP contribution < -0.4 is 16.0 Å². The smallest absolute Gasteiger partial charge is 0.335 e. The maximum absolute atomic E-state index is 11.7.